The first-order chi connectivity index (χ1) is 8.56. The van der Waals surface area contributed by atoms with Gasteiger partial charge in [0.25, 0.3) is 0 Å². The Balaban J connectivity index is 1.58. The van der Waals surface area contributed by atoms with Gasteiger partial charge in [-0.25, -0.2) is 0 Å². The van der Waals surface area contributed by atoms with Crippen LogP contribution in [0.4, 0.5) is 0 Å². The predicted molar refractivity (Wildman–Crippen MR) is 78.5 cm³/mol. The SMILES string of the molecule is CCCCCCC1CC2C(C)C3(C1)C(C)CC23C. The number of hydrogen-bond acceptors (Lipinski definition) is 0. The summed E-state index contributed by atoms with van der Waals surface area (Å²) in [4.78, 5) is 0. The van der Waals surface area contributed by atoms with E-state index in [4.69, 9.17) is 0 Å². The normalized spacial score (nSPS) is 53.3. The molecule has 6 unspecified atom stereocenters. The number of unbranched alkanes of at least 4 members (excludes halogenated alkanes) is 3. The van der Waals surface area contributed by atoms with Gasteiger partial charge in [0.05, 0.1) is 0 Å². The van der Waals surface area contributed by atoms with Crippen LogP contribution in [0.5, 0.6) is 0 Å². The summed E-state index contributed by atoms with van der Waals surface area (Å²) >= 11 is 0. The fourth-order valence-corrected chi connectivity index (χ4v) is 6.80. The standard InChI is InChI=1S/C18H32/c1-5-6-7-8-9-15-10-16-14(3)18(12-15)13(2)11-17(16,18)4/h13-16H,5-12H2,1-4H3. The first-order valence-corrected chi connectivity index (χ1v) is 8.56. The van der Waals surface area contributed by atoms with Crippen molar-refractivity contribution in [2.24, 2.45) is 34.5 Å². The van der Waals surface area contributed by atoms with Gasteiger partial charge in [-0.1, -0.05) is 59.8 Å². The molecule has 4 aliphatic carbocycles. The molecule has 0 radical (unpaired) electrons. The molecule has 0 nitrogen and oxygen atoms in total. The zero-order chi connectivity index (χ0) is 13.0. The molecule has 0 saturated heterocycles. The molecule has 2 bridgehead atoms. The van der Waals surface area contributed by atoms with Crippen molar-refractivity contribution < 1.29 is 0 Å². The Morgan fingerprint density at radius 2 is 1.83 bits per heavy atom. The molecule has 0 heterocycles. The van der Waals surface area contributed by atoms with Crippen LogP contribution in [-0.2, 0) is 0 Å². The zero-order valence-corrected chi connectivity index (χ0v) is 13.0. The molecule has 4 rings (SSSR count). The minimum absolute atomic E-state index is 0.770. The van der Waals surface area contributed by atoms with Gasteiger partial charge in [0, 0.05) is 0 Å². The summed E-state index contributed by atoms with van der Waals surface area (Å²) in [5.74, 6) is 4.22. The predicted octanol–water partition coefficient (Wildman–Crippen LogP) is 5.67. The lowest BCUT2D eigenvalue weighted by molar-refractivity contribution is -0.344. The first-order valence-electron chi connectivity index (χ1n) is 8.56. The van der Waals surface area contributed by atoms with Crippen LogP contribution in [0.25, 0.3) is 0 Å². The highest BCUT2D eigenvalue weighted by molar-refractivity contribution is 5.25. The van der Waals surface area contributed by atoms with Crippen LogP contribution in [0, 0.1) is 34.5 Å². The molecule has 4 aliphatic rings. The number of fused-ring (bicyclic) bond motifs is 2. The molecule has 0 heteroatoms. The molecule has 0 amide bonds. The van der Waals surface area contributed by atoms with Gasteiger partial charge in [-0.3, -0.25) is 0 Å². The molecular weight excluding hydrogens is 216 g/mol. The second kappa shape index (κ2) is 4.25. The maximum absolute atomic E-state index is 2.62. The quantitative estimate of drug-likeness (QED) is 0.550. The molecule has 0 aromatic heterocycles. The van der Waals surface area contributed by atoms with Gasteiger partial charge < -0.3 is 0 Å². The Kier molecular flexibility index (Phi) is 3.07. The highest BCUT2D eigenvalue weighted by Gasteiger charge is 2.77. The van der Waals surface area contributed by atoms with Crippen molar-refractivity contribution in [2.45, 2.75) is 79.1 Å². The van der Waals surface area contributed by atoms with E-state index in [1.54, 1.807) is 12.8 Å². The summed E-state index contributed by atoms with van der Waals surface area (Å²) in [6.07, 6.45) is 12.0. The third-order valence-corrected chi connectivity index (χ3v) is 7.59. The Labute approximate surface area is 114 Å². The van der Waals surface area contributed by atoms with E-state index < -0.39 is 0 Å². The minimum atomic E-state index is 0.770. The van der Waals surface area contributed by atoms with Crippen molar-refractivity contribution in [1.29, 1.82) is 0 Å². The average molecular weight is 248 g/mol. The molecule has 18 heavy (non-hydrogen) atoms. The molecule has 1 spiro atoms. The van der Waals surface area contributed by atoms with Crippen molar-refractivity contribution in [3.8, 4) is 0 Å². The van der Waals surface area contributed by atoms with Gasteiger partial charge in [-0.05, 0) is 53.8 Å². The van der Waals surface area contributed by atoms with E-state index in [9.17, 15) is 0 Å². The first kappa shape index (κ1) is 13.0. The Morgan fingerprint density at radius 3 is 2.44 bits per heavy atom. The molecule has 0 aliphatic heterocycles. The van der Waals surface area contributed by atoms with Gasteiger partial charge in [0.1, 0.15) is 0 Å². The van der Waals surface area contributed by atoms with Gasteiger partial charge in [-0.2, -0.15) is 0 Å². The lowest BCUT2D eigenvalue weighted by atomic mass is 9.22. The van der Waals surface area contributed by atoms with Crippen LogP contribution in [0.15, 0.2) is 0 Å². The van der Waals surface area contributed by atoms with E-state index >= 15 is 0 Å². The van der Waals surface area contributed by atoms with Gasteiger partial charge in [-0.15, -0.1) is 0 Å². The third-order valence-electron chi connectivity index (χ3n) is 7.59. The monoisotopic (exact) mass is 248 g/mol. The largest absolute Gasteiger partial charge is 0.0654 e. The second-order valence-electron chi connectivity index (χ2n) is 8.11. The van der Waals surface area contributed by atoms with Gasteiger partial charge in [0.15, 0.2) is 0 Å². The molecule has 104 valence electrons. The number of hydrogen-bond donors (Lipinski definition) is 0. The van der Waals surface area contributed by atoms with Gasteiger partial charge >= 0.3 is 0 Å². The van der Waals surface area contributed by atoms with E-state index in [1.807, 2.05) is 0 Å². The highest BCUT2D eigenvalue weighted by atomic mass is 14.8. The molecular formula is C18H32. The Bertz CT molecular complexity index is 320. The molecule has 0 aromatic rings. The molecule has 4 saturated carbocycles. The summed E-state index contributed by atoms with van der Waals surface area (Å²) in [5, 5.41) is 0. The minimum Gasteiger partial charge on any atom is -0.0654 e. The van der Waals surface area contributed by atoms with Crippen molar-refractivity contribution in [3.05, 3.63) is 0 Å². The zero-order valence-electron chi connectivity index (χ0n) is 13.0. The molecule has 0 aromatic carbocycles. The summed E-state index contributed by atoms with van der Waals surface area (Å²) in [6.45, 7) is 10.0. The van der Waals surface area contributed by atoms with Crippen LogP contribution >= 0.6 is 0 Å². The maximum Gasteiger partial charge on any atom is -0.0184 e. The lowest BCUT2D eigenvalue weighted by Crippen LogP contribution is -2.76. The smallest absolute Gasteiger partial charge is 0.0184 e. The second-order valence-corrected chi connectivity index (χ2v) is 8.11. The van der Waals surface area contributed by atoms with E-state index in [0.29, 0.717) is 0 Å². The van der Waals surface area contributed by atoms with Crippen LogP contribution in [0.1, 0.15) is 79.1 Å². The number of rotatable bonds is 5. The topological polar surface area (TPSA) is 0 Å². The van der Waals surface area contributed by atoms with Crippen LogP contribution in [-0.4, -0.2) is 0 Å². The highest BCUT2D eigenvalue weighted by Crippen LogP contribution is 2.83. The van der Waals surface area contributed by atoms with Gasteiger partial charge in [0.2, 0.25) is 0 Å². The van der Waals surface area contributed by atoms with Crippen molar-refractivity contribution in [1.82, 2.24) is 0 Å². The summed E-state index contributed by atoms with van der Waals surface area (Å²) in [6, 6.07) is 0. The Morgan fingerprint density at radius 1 is 1.06 bits per heavy atom. The fourth-order valence-electron chi connectivity index (χ4n) is 6.80. The van der Waals surface area contributed by atoms with E-state index in [2.05, 4.69) is 27.7 Å². The van der Waals surface area contributed by atoms with Crippen molar-refractivity contribution in [2.75, 3.05) is 0 Å². The van der Waals surface area contributed by atoms with E-state index in [0.717, 1.165) is 34.5 Å². The lowest BCUT2D eigenvalue weighted by Gasteiger charge is -2.82. The van der Waals surface area contributed by atoms with Crippen molar-refractivity contribution in [3.63, 3.8) is 0 Å². The average Bonchev–Trinajstić information content (AvgIpc) is 2.35. The fraction of sp³-hybridized carbons (Fsp3) is 1.00. The Hall–Kier alpha value is 0. The molecule has 4 fully saturated rings. The van der Waals surface area contributed by atoms with E-state index in [1.165, 1.54) is 38.5 Å². The van der Waals surface area contributed by atoms with Crippen LogP contribution in [0.3, 0.4) is 0 Å². The maximum atomic E-state index is 2.62. The molecule has 6 atom stereocenters. The molecule has 0 N–H and O–H groups in total. The van der Waals surface area contributed by atoms with Crippen molar-refractivity contribution >= 4 is 0 Å². The summed E-state index contributed by atoms with van der Waals surface area (Å²) in [5.41, 5.74) is 1.55. The van der Waals surface area contributed by atoms with Crippen LogP contribution < -0.4 is 0 Å². The third kappa shape index (κ3) is 1.38. The van der Waals surface area contributed by atoms with Crippen LogP contribution in [0.2, 0.25) is 0 Å². The summed E-state index contributed by atoms with van der Waals surface area (Å²) in [7, 11) is 0. The summed E-state index contributed by atoms with van der Waals surface area (Å²) < 4.78 is 0. The van der Waals surface area contributed by atoms with E-state index in [-0.39, 0.29) is 0 Å².